The number of nitrogens with zero attached hydrogens (tertiary/aromatic N) is 3. The van der Waals surface area contributed by atoms with E-state index >= 15 is 0 Å². The minimum absolute atomic E-state index is 0.421. The van der Waals surface area contributed by atoms with E-state index < -0.39 is 0 Å². The van der Waals surface area contributed by atoms with Gasteiger partial charge in [-0.2, -0.15) is 0 Å². The van der Waals surface area contributed by atoms with Gasteiger partial charge in [0.25, 0.3) is 0 Å². The van der Waals surface area contributed by atoms with E-state index in [1.54, 1.807) is 12.3 Å². The average molecular weight is 299 g/mol. The van der Waals surface area contributed by atoms with Crippen molar-refractivity contribution in [2.75, 3.05) is 5.73 Å². The van der Waals surface area contributed by atoms with Crippen molar-refractivity contribution in [1.82, 2.24) is 14.5 Å². The summed E-state index contributed by atoms with van der Waals surface area (Å²) in [5, 5.41) is 0.548. The highest BCUT2D eigenvalue weighted by atomic mass is 35.5. The molecule has 3 rings (SSSR count). The molecule has 0 aliphatic carbocycles. The van der Waals surface area contributed by atoms with E-state index in [0.717, 1.165) is 14.9 Å². The lowest BCUT2D eigenvalue weighted by molar-refractivity contribution is 0.841. The summed E-state index contributed by atoms with van der Waals surface area (Å²) in [5.41, 5.74) is 7.32. The van der Waals surface area contributed by atoms with E-state index in [1.165, 1.54) is 11.3 Å². The number of hydrogen-bond donors (Lipinski definition) is 1. The summed E-state index contributed by atoms with van der Waals surface area (Å²) < 4.78 is 2.59. The van der Waals surface area contributed by atoms with Gasteiger partial charge < -0.3 is 5.73 Å². The van der Waals surface area contributed by atoms with Crippen molar-refractivity contribution in [3.63, 3.8) is 0 Å². The molecule has 3 heterocycles. The molecule has 0 atom stereocenters. The largest absolute Gasteiger partial charge is 0.369 e. The van der Waals surface area contributed by atoms with Crippen LogP contribution >= 0.6 is 34.5 Å². The Balaban J connectivity index is 2.08. The van der Waals surface area contributed by atoms with Gasteiger partial charge in [0.1, 0.15) is 5.52 Å². The summed E-state index contributed by atoms with van der Waals surface area (Å²) in [5.74, 6) is 0.421. The van der Waals surface area contributed by atoms with Crippen molar-refractivity contribution in [1.29, 1.82) is 0 Å². The Morgan fingerprint density at radius 1 is 1.33 bits per heavy atom. The van der Waals surface area contributed by atoms with Crippen molar-refractivity contribution >= 4 is 51.7 Å². The van der Waals surface area contributed by atoms with E-state index in [-0.39, 0.29) is 0 Å². The third-order valence-corrected chi connectivity index (χ3v) is 3.95. The van der Waals surface area contributed by atoms with Crippen LogP contribution < -0.4 is 5.73 Å². The second-order valence-electron chi connectivity index (χ2n) is 3.76. The number of nitrogen functional groups attached to an aromatic ring is 1. The fourth-order valence-electron chi connectivity index (χ4n) is 1.75. The molecule has 0 saturated carbocycles. The van der Waals surface area contributed by atoms with Crippen LogP contribution in [0.1, 0.15) is 4.88 Å². The lowest BCUT2D eigenvalue weighted by atomic mass is 10.4. The third-order valence-electron chi connectivity index (χ3n) is 2.52. The smallest absolute Gasteiger partial charge is 0.202 e. The van der Waals surface area contributed by atoms with Gasteiger partial charge in [-0.3, -0.25) is 4.57 Å². The Hall–Kier alpha value is -1.30. The number of nitrogens with two attached hydrogens (primary N) is 1. The maximum atomic E-state index is 5.91. The summed E-state index contributed by atoms with van der Waals surface area (Å²) in [6.07, 6.45) is 1.59. The normalized spacial score (nSPS) is 11.2. The van der Waals surface area contributed by atoms with E-state index in [1.807, 2.05) is 16.7 Å². The van der Waals surface area contributed by atoms with Gasteiger partial charge in [0.05, 0.1) is 15.9 Å². The fourth-order valence-corrected chi connectivity index (χ4v) is 2.98. The summed E-state index contributed by atoms with van der Waals surface area (Å²) in [6, 6.07) is 5.58. The lowest BCUT2D eigenvalue weighted by Crippen LogP contribution is -2.04. The number of rotatable bonds is 2. The summed E-state index contributed by atoms with van der Waals surface area (Å²) in [7, 11) is 0. The maximum absolute atomic E-state index is 5.91. The van der Waals surface area contributed by atoms with Gasteiger partial charge >= 0.3 is 0 Å². The zero-order valence-corrected chi connectivity index (χ0v) is 11.4. The number of fused-ring (bicyclic) bond motifs is 1. The Kier molecular flexibility index (Phi) is 2.89. The molecule has 0 bridgehead atoms. The summed E-state index contributed by atoms with van der Waals surface area (Å²) in [4.78, 5) is 9.61. The molecule has 0 aliphatic heterocycles. The van der Waals surface area contributed by atoms with Crippen LogP contribution in [-0.2, 0) is 6.54 Å². The topological polar surface area (TPSA) is 56.7 Å². The molecular formula is C11H8Cl2N4S. The van der Waals surface area contributed by atoms with E-state index in [0.29, 0.717) is 23.0 Å². The Labute approximate surface area is 117 Å². The highest BCUT2D eigenvalue weighted by Crippen LogP contribution is 2.25. The Morgan fingerprint density at radius 2 is 2.17 bits per heavy atom. The van der Waals surface area contributed by atoms with Gasteiger partial charge in [0, 0.05) is 11.1 Å². The van der Waals surface area contributed by atoms with E-state index in [9.17, 15) is 0 Å². The second-order valence-corrected chi connectivity index (χ2v) is 5.99. The van der Waals surface area contributed by atoms with Crippen LogP contribution in [0.25, 0.3) is 11.2 Å². The molecule has 7 heteroatoms. The van der Waals surface area contributed by atoms with Crippen LogP contribution in [0.3, 0.4) is 0 Å². The van der Waals surface area contributed by atoms with E-state index in [4.69, 9.17) is 28.9 Å². The first-order valence-electron chi connectivity index (χ1n) is 5.15. The number of imidazole rings is 1. The van der Waals surface area contributed by atoms with Crippen molar-refractivity contribution in [2.24, 2.45) is 0 Å². The van der Waals surface area contributed by atoms with Crippen molar-refractivity contribution in [3.8, 4) is 0 Å². The fraction of sp³-hybridized carbons (Fsp3) is 0.0909. The predicted molar refractivity (Wildman–Crippen MR) is 75.4 cm³/mol. The molecule has 3 aromatic rings. The van der Waals surface area contributed by atoms with Gasteiger partial charge in [0.2, 0.25) is 5.95 Å². The molecule has 0 saturated heterocycles. The number of hydrogen-bond acceptors (Lipinski definition) is 4. The molecule has 18 heavy (non-hydrogen) atoms. The highest BCUT2D eigenvalue weighted by molar-refractivity contribution is 7.16. The first-order valence-corrected chi connectivity index (χ1v) is 6.72. The molecule has 0 aromatic carbocycles. The molecular weight excluding hydrogens is 291 g/mol. The summed E-state index contributed by atoms with van der Waals surface area (Å²) in [6.45, 7) is 0.606. The minimum Gasteiger partial charge on any atom is -0.369 e. The van der Waals surface area contributed by atoms with Gasteiger partial charge in [-0.05, 0) is 18.2 Å². The molecule has 0 radical (unpaired) electrons. The van der Waals surface area contributed by atoms with Crippen LogP contribution in [0.15, 0.2) is 24.4 Å². The van der Waals surface area contributed by atoms with Gasteiger partial charge in [0.15, 0.2) is 5.65 Å². The van der Waals surface area contributed by atoms with Gasteiger partial charge in [-0.15, -0.1) is 11.3 Å². The number of thiophene rings is 1. The first-order chi connectivity index (χ1) is 8.63. The quantitative estimate of drug-likeness (QED) is 0.788. The van der Waals surface area contributed by atoms with Crippen LogP contribution in [-0.4, -0.2) is 14.5 Å². The first kappa shape index (κ1) is 11.8. The third kappa shape index (κ3) is 2.05. The Bertz CT molecular complexity index is 719. The van der Waals surface area contributed by atoms with E-state index in [2.05, 4.69) is 9.97 Å². The van der Waals surface area contributed by atoms with Gasteiger partial charge in [-0.25, -0.2) is 9.97 Å². The molecule has 0 amide bonds. The molecule has 2 N–H and O–H groups in total. The second kappa shape index (κ2) is 4.42. The monoisotopic (exact) mass is 298 g/mol. The molecule has 0 aliphatic rings. The van der Waals surface area contributed by atoms with Crippen molar-refractivity contribution in [3.05, 3.63) is 38.6 Å². The zero-order valence-electron chi connectivity index (χ0n) is 9.10. The van der Waals surface area contributed by atoms with Crippen LogP contribution in [0.2, 0.25) is 9.36 Å². The zero-order chi connectivity index (χ0) is 12.7. The average Bonchev–Trinajstić information content (AvgIpc) is 2.84. The molecule has 3 aromatic heterocycles. The van der Waals surface area contributed by atoms with Crippen LogP contribution in [0, 0.1) is 0 Å². The molecule has 0 spiro atoms. The number of aromatic nitrogens is 3. The highest BCUT2D eigenvalue weighted by Gasteiger charge is 2.11. The molecule has 4 nitrogen and oxygen atoms in total. The SMILES string of the molecule is Nc1nc2cc(Cl)cnc2n1Cc1ccc(Cl)s1. The lowest BCUT2D eigenvalue weighted by Gasteiger charge is -2.03. The number of anilines is 1. The molecule has 92 valence electrons. The molecule has 0 unspecified atom stereocenters. The van der Waals surface area contributed by atoms with Crippen LogP contribution in [0.4, 0.5) is 5.95 Å². The van der Waals surface area contributed by atoms with Crippen molar-refractivity contribution in [2.45, 2.75) is 6.54 Å². The molecule has 0 fully saturated rings. The summed E-state index contributed by atoms with van der Waals surface area (Å²) >= 11 is 13.3. The van der Waals surface area contributed by atoms with Crippen molar-refractivity contribution < 1.29 is 0 Å². The standard InChI is InChI=1S/C11H8Cl2N4S/c12-6-3-8-10(15-4-6)17(11(14)16-8)5-7-1-2-9(13)18-7/h1-4H,5H2,(H2,14,16). The van der Waals surface area contributed by atoms with Crippen LogP contribution in [0.5, 0.6) is 0 Å². The minimum atomic E-state index is 0.421. The van der Waals surface area contributed by atoms with Gasteiger partial charge in [-0.1, -0.05) is 23.2 Å². The Morgan fingerprint density at radius 3 is 2.89 bits per heavy atom. The maximum Gasteiger partial charge on any atom is 0.202 e. The number of halogens is 2. The number of pyridine rings is 1. The predicted octanol–water partition coefficient (Wildman–Crippen LogP) is 3.43.